The van der Waals surface area contributed by atoms with Crippen LogP contribution >= 0.6 is 11.8 Å². The topological polar surface area (TPSA) is 85.1 Å². The van der Waals surface area contributed by atoms with Gasteiger partial charge in [0.25, 0.3) is 0 Å². The molecule has 0 atom stereocenters. The molecule has 0 saturated heterocycles. The lowest BCUT2D eigenvalue weighted by molar-refractivity contribution is -0.116. The van der Waals surface area contributed by atoms with E-state index in [4.69, 9.17) is 0 Å². The summed E-state index contributed by atoms with van der Waals surface area (Å²) < 4.78 is 1.88. The first-order valence-corrected chi connectivity index (χ1v) is 10.8. The van der Waals surface area contributed by atoms with E-state index in [-0.39, 0.29) is 5.91 Å². The maximum Gasteiger partial charge on any atom is 0.234 e. The van der Waals surface area contributed by atoms with Crippen molar-refractivity contribution in [3.63, 3.8) is 0 Å². The van der Waals surface area contributed by atoms with Crippen LogP contribution in [0.5, 0.6) is 0 Å². The van der Waals surface area contributed by atoms with Gasteiger partial charge in [0.15, 0.2) is 5.16 Å². The second kappa shape index (κ2) is 8.62. The van der Waals surface area contributed by atoms with Crippen LogP contribution in [0.4, 0.5) is 5.69 Å². The standard InChI is InChI=1S/C22H22N6OS/c1-14-18(15(2)25-22(24-14)30-3)9-10-20(29)26-17-7-5-16(6-8-17)19-13-28-12-4-11-23-21(28)27-19/h4-8,11-13H,9-10H2,1-3H3,(H,26,29). The van der Waals surface area contributed by atoms with Gasteiger partial charge in [0.1, 0.15) is 0 Å². The van der Waals surface area contributed by atoms with Gasteiger partial charge in [-0.25, -0.2) is 19.9 Å². The third-order valence-electron chi connectivity index (χ3n) is 4.88. The molecule has 4 rings (SSSR count). The Balaban J connectivity index is 1.39. The van der Waals surface area contributed by atoms with Crippen LogP contribution in [0.15, 0.2) is 54.1 Å². The number of imidazole rings is 1. The van der Waals surface area contributed by atoms with E-state index in [2.05, 4.69) is 25.3 Å². The minimum absolute atomic E-state index is 0.0348. The quantitative estimate of drug-likeness (QED) is 0.375. The summed E-state index contributed by atoms with van der Waals surface area (Å²) in [5.74, 6) is 0.623. The molecule has 0 unspecified atom stereocenters. The molecular weight excluding hydrogens is 396 g/mol. The van der Waals surface area contributed by atoms with Gasteiger partial charge in [-0.3, -0.25) is 9.20 Å². The average molecular weight is 419 g/mol. The van der Waals surface area contributed by atoms with Gasteiger partial charge < -0.3 is 5.32 Å². The van der Waals surface area contributed by atoms with Crippen molar-refractivity contribution in [3.8, 4) is 11.3 Å². The fraction of sp³-hybridized carbons (Fsp3) is 0.227. The molecule has 0 aliphatic rings. The van der Waals surface area contributed by atoms with Crippen LogP contribution in [-0.2, 0) is 11.2 Å². The number of benzene rings is 1. The molecule has 0 saturated carbocycles. The Morgan fingerprint density at radius 2 is 1.83 bits per heavy atom. The highest BCUT2D eigenvalue weighted by atomic mass is 32.2. The number of hydrogen-bond donors (Lipinski definition) is 1. The van der Waals surface area contributed by atoms with E-state index in [9.17, 15) is 4.79 Å². The number of thioether (sulfide) groups is 1. The minimum Gasteiger partial charge on any atom is -0.326 e. The molecule has 0 spiro atoms. The smallest absolute Gasteiger partial charge is 0.234 e. The number of nitrogens with zero attached hydrogens (tertiary/aromatic N) is 5. The third kappa shape index (κ3) is 4.33. The van der Waals surface area contributed by atoms with Crippen molar-refractivity contribution in [3.05, 3.63) is 65.9 Å². The lowest BCUT2D eigenvalue weighted by atomic mass is 10.1. The van der Waals surface area contributed by atoms with Crippen molar-refractivity contribution in [2.45, 2.75) is 31.8 Å². The van der Waals surface area contributed by atoms with E-state index in [0.29, 0.717) is 18.6 Å². The van der Waals surface area contributed by atoms with Crippen molar-refractivity contribution in [1.82, 2.24) is 24.3 Å². The largest absolute Gasteiger partial charge is 0.326 e. The molecule has 8 heteroatoms. The zero-order valence-electron chi connectivity index (χ0n) is 17.1. The zero-order chi connectivity index (χ0) is 21.1. The number of rotatable bonds is 6. The summed E-state index contributed by atoms with van der Waals surface area (Å²) in [5, 5.41) is 3.72. The SMILES string of the molecule is CSc1nc(C)c(CCC(=O)Nc2ccc(-c3cn4cccnc4n3)cc2)c(C)n1. The van der Waals surface area contributed by atoms with Crippen LogP contribution in [0.3, 0.4) is 0 Å². The molecular formula is C22H22N6OS. The fourth-order valence-electron chi connectivity index (χ4n) is 3.32. The number of hydrogen-bond acceptors (Lipinski definition) is 6. The number of carbonyl (C=O) groups excluding carboxylic acids is 1. The average Bonchev–Trinajstić information content (AvgIpc) is 3.17. The van der Waals surface area contributed by atoms with Crippen molar-refractivity contribution in [2.75, 3.05) is 11.6 Å². The molecule has 7 nitrogen and oxygen atoms in total. The van der Waals surface area contributed by atoms with E-state index in [1.54, 1.807) is 6.20 Å². The number of nitrogens with one attached hydrogen (secondary N) is 1. The molecule has 0 bridgehead atoms. The first-order valence-electron chi connectivity index (χ1n) is 9.61. The zero-order valence-corrected chi connectivity index (χ0v) is 17.9. The van der Waals surface area contributed by atoms with E-state index >= 15 is 0 Å². The first kappa shape index (κ1) is 20.0. The Labute approximate surface area is 179 Å². The fourth-order valence-corrected chi connectivity index (χ4v) is 3.77. The summed E-state index contributed by atoms with van der Waals surface area (Å²) in [6.45, 7) is 3.93. The monoisotopic (exact) mass is 418 g/mol. The normalized spacial score (nSPS) is 11.0. The number of anilines is 1. The van der Waals surface area contributed by atoms with Gasteiger partial charge in [-0.2, -0.15) is 0 Å². The van der Waals surface area contributed by atoms with Crippen molar-refractivity contribution in [1.29, 1.82) is 0 Å². The molecule has 1 aromatic carbocycles. The molecule has 1 N–H and O–H groups in total. The van der Waals surface area contributed by atoms with E-state index in [1.165, 1.54) is 11.8 Å². The lowest BCUT2D eigenvalue weighted by Gasteiger charge is -2.10. The third-order valence-corrected chi connectivity index (χ3v) is 5.43. The van der Waals surface area contributed by atoms with Crippen LogP contribution in [0.1, 0.15) is 23.4 Å². The van der Waals surface area contributed by atoms with Crippen molar-refractivity contribution >= 4 is 29.1 Å². The highest BCUT2D eigenvalue weighted by Gasteiger charge is 2.11. The number of aryl methyl sites for hydroxylation is 2. The van der Waals surface area contributed by atoms with Gasteiger partial charge in [-0.1, -0.05) is 23.9 Å². The second-order valence-corrected chi connectivity index (χ2v) is 7.71. The molecule has 0 aliphatic heterocycles. The highest BCUT2D eigenvalue weighted by molar-refractivity contribution is 7.98. The van der Waals surface area contributed by atoms with Gasteiger partial charge in [-0.05, 0) is 50.3 Å². The van der Waals surface area contributed by atoms with Gasteiger partial charge >= 0.3 is 0 Å². The second-order valence-electron chi connectivity index (χ2n) is 6.94. The molecule has 4 aromatic rings. The van der Waals surface area contributed by atoms with Crippen LogP contribution in [0.2, 0.25) is 0 Å². The molecule has 0 fully saturated rings. The molecule has 3 heterocycles. The molecule has 0 aliphatic carbocycles. The summed E-state index contributed by atoms with van der Waals surface area (Å²) in [5.41, 5.74) is 5.48. The summed E-state index contributed by atoms with van der Waals surface area (Å²) in [4.78, 5) is 30.1. The Kier molecular flexibility index (Phi) is 5.76. The van der Waals surface area contributed by atoms with Crippen molar-refractivity contribution < 1.29 is 4.79 Å². The molecule has 0 radical (unpaired) electrons. The highest BCUT2D eigenvalue weighted by Crippen LogP contribution is 2.21. The van der Waals surface area contributed by atoms with Gasteiger partial charge in [0.05, 0.1) is 5.69 Å². The number of carbonyl (C=O) groups is 1. The van der Waals surface area contributed by atoms with Crippen LogP contribution in [0, 0.1) is 13.8 Å². The lowest BCUT2D eigenvalue weighted by Crippen LogP contribution is -2.13. The Bertz CT molecular complexity index is 1150. The molecule has 1 amide bonds. The van der Waals surface area contributed by atoms with E-state index in [0.717, 1.165) is 39.1 Å². The predicted octanol–water partition coefficient (Wildman–Crippen LogP) is 4.10. The number of amides is 1. The maximum atomic E-state index is 12.4. The number of fused-ring (bicyclic) bond motifs is 1. The molecule has 30 heavy (non-hydrogen) atoms. The Morgan fingerprint density at radius 1 is 1.10 bits per heavy atom. The summed E-state index contributed by atoms with van der Waals surface area (Å²) in [6, 6.07) is 9.53. The van der Waals surface area contributed by atoms with Gasteiger partial charge in [0.2, 0.25) is 11.7 Å². The van der Waals surface area contributed by atoms with Crippen LogP contribution in [0.25, 0.3) is 17.0 Å². The first-order chi connectivity index (χ1) is 14.5. The van der Waals surface area contributed by atoms with E-state index in [1.807, 2.05) is 67.2 Å². The molecule has 152 valence electrons. The predicted molar refractivity (Wildman–Crippen MR) is 119 cm³/mol. The Hall–Kier alpha value is -3.26. The molecule has 3 aromatic heterocycles. The summed E-state index contributed by atoms with van der Waals surface area (Å²) >= 11 is 1.52. The van der Waals surface area contributed by atoms with Gasteiger partial charge in [-0.15, -0.1) is 0 Å². The number of aromatic nitrogens is 5. The Morgan fingerprint density at radius 3 is 2.50 bits per heavy atom. The van der Waals surface area contributed by atoms with Crippen LogP contribution in [-0.4, -0.2) is 36.5 Å². The van der Waals surface area contributed by atoms with E-state index < -0.39 is 0 Å². The minimum atomic E-state index is -0.0348. The summed E-state index contributed by atoms with van der Waals surface area (Å²) in [7, 11) is 0. The summed E-state index contributed by atoms with van der Waals surface area (Å²) in [6.07, 6.45) is 8.52. The van der Waals surface area contributed by atoms with Crippen molar-refractivity contribution in [2.24, 2.45) is 0 Å². The van der Waals surface area contributed by atoms with Crippen LogP contribution < -0.4 is 5.32 Å². The maximum absolute atomic E-state index is 12.4. The van der Waals surface area contributed by atoms with Gasteiger partial charge in [0, 0.05) is 47.7 Å².